The smallest absolute Gasteiger partial charge is 0.153 e. The molecule has 0 aliphatic rings. The first-order valence-corrected chi connectivity index (χ1v) is 4.45. The minimum Gasteiger partial charge on any atom is -0.497 e. The molecule has 1 aromatic carbocycles. The van der Waals surface area contributed by atoms with Crippen LogP contribution in [0.25, 0.3) is 0 Å². The summed E-state index contributed by atoms with van der Waals surface area (Å²) < 4.78 is 15.2. The molecular formula is C11H14O4. The van der Waals surface area contributed by atoms with E-state index in [4.69, 9.17) is 14.2 Å². The monoisotopic (exact) mass is 210 g/mol. The van der Waals surface area contributed by atoms with Crippen LogP contribution in [0.15, 0.2) is 12.1 Å². The van der Waals surface area contributed by atoms with Crippen LogP contribution in [0.5, 0.6) is 11.5 Å². The molecule has 0 aliphatic carbocycles. The van der Waals surface area contributed by atoms with Gasteiger partial charge < -0.3 is 14.2 Å². The first-order chi connectivity index (χ1) is 7.26. The number of carbonyl (C=O) groups is 1. The van der Waals surface area contributed by atoms with Gasteiger partial charge in [0.25, 0.3) is 0 Å². The SMILES string of the molecule is COCc1cc(OC)cc(C=O)c1OC. The molecule has 0 saturated carbocycles. The van der Waals surface area contributed by atoms with Gasteiger partial charge in [0.05, 0.1) is 26.4 Å². The molecule has 0 saturated heterocycles. The van der Waals surface area contributed by atoms with Crippen molar-refractivity contribution in [1.82, 2.24) is 0 Å². The fourth-order valence-corrected chi connectivity index (χ4v) is 1.40. The average Bonchev–Trinajstić information content (AvgIpc) is 2.28. The lowest BCUT2D eigenvalue weighted by Gasteiger charge is -2.12. The van der Waals surface area contributed by atoms with E-state index in [0.29, 0.717) is 23.7 Å². The summed E-state index contributed by atoms with van der Waals surface area (Å²) in [5.74, 6) is 1.15. The van der Waals surface area contributed by atoms with E-state index in [9.17, 15) is 4.79 Å². The molecule has 0 atom stereocenters. The summed E-state index contributed by atoms with van der Waals surface area (Å²) in [6.45, 7) is 0.376. The van der Waals surface area contributed by atoms with Gasteiger partial charge in [0, 0.05) is 12.7 Å². The van der Waals surface area contributed by atoms with E-state index < -0.39 is 0 Å². The molecular weight excluding hydrogens is 196 g/mol. The van der Waals surface area contributed by atoms with Gasteiger partial charge in [0.15, 0.2) is 6.29 Å². The molecule has 0 aliphatic heterocycles. The Bertz CT molecular complexity index is 347. The third kappa shape index (κ3) is 2.47. The number of hydrogen-bond donors (Lipinski definition) is 0. The van der Waals surface area contributed by atoms with Crippen molar-refractivity contribution in [2.75, 3.05) is 21.3 Å². The minimum absolute atomic E-state index is 0.376. The fraction of sp³-hybridized carbons (Fsp3) is 0.364. The summed E-state index contributed by atoms with van der Waals surface area (Å²) in [6.07, 6.45) is 0.737. The van der Waals surface area contributed by atoms with E-state index in [1.54, 1.807) is 26.4 Å². The first kappa shape index (κ1) is 11.5. The predicted molar refractivity (Wildman–Crippen MR) is 55.6 cm³/mol. The van der Waals surface area contributed by atoms with Crippen LogP contribution in [0, 0.1) is 0 Å². The van der Waals surface area contributed by atoms with Crippen molar-refractivity contribution in [2.45, 2.75) is 6.61 Å². The van der Waals surface area contributed by atoms with E-state index in [0.717, 1.165) is 11.8 Å². The van der Waals surface area contributed by atoms with Gasteiger partial charge >= 0.3 is 0 Å². The van der Waals surface area contributed by atoms with Crippen molar-refractivity contribution in [3.8, 4) is 11.5 Å². The van der Waals surface area contributed by atoms with Gasteiger partial charge in [-0.3, -0.25) is 4.79 Å². The van der Waals surface area contributed by atoms with Crippen molar-refractivity contribution in [3.05, 3.63) is 23.3 Å². The summed E-state index contributed by atoms with van der Waals surface area (Å²) in [5.41, 5.74) is 1.25. The highest BCUT2D eigenvalue weighted by atomic mass is 16.5. The molecule has 0 N–H and O–H groups in total. The molecule has 1 rings (SSSR count). The largest absolute Gasteiger partial charge is 0.497 e. The van der Waals surface area contributed by atoms with Crippen LogP contribution in [0.3, 0.4) is 0 Å². The summed E-state index contributed by atoms with van der Waals surface area (Å²) in [5, 5.41) is 0. The van der Waals surface area contributed by atoms with Gasteiger partial charge in [0.2, 0.25) is 0 Å². The Kier molecular flexibility index (Phi) is 4.12. The Morgan fingerprint density at radius 2 is 1.93 bits per heavy atom. The molecule has 0 amide bonds. The summed E-state index contributed by atoms with van der Waals surface area (Å²) >= 11 is 0. The molecule has 0 spiro atoms. The van der Waals surface area contributed by atoms with Crippen LogP contribution >= 0.6 is 0 Å². The van der Waals surface area contributed by atoms with Gasteiger partial charge in [-0.1, -0.05) is 0 Å². The zero-order valence-corrected chi connectivity index (χ0v) is 9.07. The number of benzene rings is 1. The van der Waals surface area contributed by atoms with Gasteiger partial charge in [-0.15, -0.1) is 0 Å². The van der Waals surface area contributed by atoms with Gasteiger partial charge in [-0.25, -0.2) is 0 Å². The predicted octanol–water partition coefficient (Wildman–Crippen LogP) is 1.66. The van der Waals surface area contributed by atoms with Crippen molar-refractivity contribution in [2.24, 2.45) is 0 Å². The molecule has 4 heteroatoms. The van der Waals surface area contributed by atoms with Crippen molar-refractivity contribution in [1.29, 1.82) is 0 Å². The lowest BCUT2D eigenvalue weighted by Crippen LogP contribution is -1.99. The standard InChI is InChI=1S/C11H14O4/c1-13-7-9-5-10(14-2)4-8(6-12)11(9)15-3/h4-6H,7H2,1-3H3. The molecule has 0 aromatic heterocycles. The molecule has 0 heterocycles. The molecule has 0 radical (unpaired) electrons. The number of carbonyl (C=O) groups excluding carboxylic acids is 1. The van der Waals surface area contributed by atoms with Crippen LogP contribution in [-0.2, 0) is 11.3 Å². The molecule has 4 nitrogen and oxygen atoms in total. The number of hydrogen-bond acceptors (Lipinski definition) is 4. The van der Waals surface area contributed by atoms with Crippen LogP contribution in [0.4, 0.5) is 0 Å². The summed E-state index contributed by atoms with van der Waals surface area (Å²) in [4.78, 5) is 10.8. The molecule has 0 fully saturated rings. The lowest BCUT2D eigenvalue weighted by atomic mass is 10.1. The minimum atomic E-state index is 0.376. The maximum Gasteiger partial charge on any atom is 0.153 e. The Labute approximate surface area is 88.8 Å². The maximum absolute atomic E-state index is 10.8. The van der Waals surface area contributed by atoms with Gasteiger partial charge in [-0.2, -0.15) is 0 Å². The summed E-state index contributed by atoms with van der Waals surface area (Å²) in [6, 6.07) is 3.42. The highest BCUT2D eigenvalue weighted by Crippen LogP contribution is 2.28. The highest BCUT2D eigenvalue weighted by Gasteiger charge is 2.11. The molecule has 0 bridgehead atoms. The lowest BCUT2D eigenvalue weighted by molar-refractivity contribution is 0.111. The third-order valence-corrected chi connectivity index (χ3v) is 2.03. The zero-order chi connectivity index (χ0) is 11.3. The molecule has 15 heavy (non-hydrogen) atoms. The fourth-order valence-electron chi connectivity index (χ4n) is 1.40. The Hall–Kier alpha value is -1.55. The topological polar surface area (TPSA) is 44.8 Å². The van der Waals surface area contributed by atoms with Crippen molar-refractivity contribution < 1.29 is 19.0 Å². The van der Waals surface area contributed by atoms with Crippen LogP contribution < -0.4 is 9.47 Å². The molecule has 0 unspecified atom stereocenters. The zero-order valence-electron chi connectivity index (χ0n) is 9.07. The van der Waals surface area contributed by atoms with Gasteiger partial charge in [-0.05, 0) is 12.1 Å². The number of ether oxygens (including phenoxy) is 3. The van der Waals surface area contributed by atoms with Crippen LogP contribution in [-0.4, -0.2) is 27.6 Å². The average molecular weight is 210 g/mol. The molecule has 1 aromatic rings. The van der Waals surface area contributed by atoms with E-state index in [-0.39, 0.29) is 0 Å². The highest BCUT2D eigenvalue weighted by molar-refractivity contribution is 5.81. The number of rotatable bonds is 5. The third-order valence-electron chi connectivity index (χ3n) is 2.03. The number of methoxy groups -OCH3 is 3. The Morgan fingerprint density at radius 3 is 2.40 bits per heavy atom. The van der Waals surface area contributed by atoms with E-state index in [1.807, 2.05) is 0 Å². The van der Waals surface area contributed by atoms with Crippen LogP contribution in [0.1, 0.15) is 15.9 Å². The maximum atomic E-state index is 10.8. The number of aldehydes is 1. The van der Waals surface area contributed by atoms with Crippen molar-refractivity contribution >= 4 is 6.29 Å². The van der Waals surface area contributed by atoms with E-state index in [2.05, 4.69) is 0 Å². The van der Waals surface area contributed by atoms with E-state index >= 15 is 0 Å². The quantitative estimate of drug-likeness (QED) is 0.693. The Morgan fingerprint density at radius 1 is 1.20 bits per heavy atom. The normalized spacial score (nSPS) is 9.80. The first-order valence-electron chi connectivity index (χ1n) is 4.45. The summed E-state index contributed by atoms with van der Waals surface area (Å²) in [7, 11) is 4.65. The van der Waals surface area contributed by atoms with E-state index in [1.165, 1.54) is 7.11 Å². The molecule has 82 valence electrons. The van der Waals surface area contributed by atoms with Crippen LogP contribution in [0.2, 0.25) is 0 Å². The second kappa shape index (κ2) is 5.36. The second-order valence-electron chi connectivity index (χ2n) is 2.96. The van der Waals surface area contributed by atoms with Crippen molar-refractivity contribution in [3.63, 3.8) is 0 Å². The Balaban J connectivity index is 3.25. The van der Waals surface area contributed by atoms with Gasteiger partial charge in [0.1, 0.15) is 11.5 Å². The second-order valence-corrected chi connectivity index (χ2v) is 2.96.